The normalized spacial score (nSPS) is 19.1. The largest absolute Gasteiger partial charge is 0.386 e. The second-order valence-corrected chi connectivity index (χ2v) is 11.9. The SMILES string of the molecule is C[C@@H](c1ccc2c(c1NC(=O)NS(=N)(=O)c1cc(C(C)(C)O)cs1)CCC2)C1CC1. The molecular weight excluding hydrogens is 418 g/mol. The molecule has 0 bridgehead atoms. The molecule has 4 rings (SSSR count). The van der Waals surface area contributed by atoms with E-state index >= 15 is 0 Å². The predicted molar refractivity (Wildman–Crippen MR) is 120 cm³/mol. The van der Waals surface area contributed by atoms with Crippen LogP contribution in [0.2, 0.25) is 0 Å². The minimum Gasteiger partial charge on any atom is -0.386 e. The summed E-state index contributed by atoms with van der Waals surface area (Å²) in [5.41, 5.74) is 3.88. The van der Waals surface area contributed by atoms with Gasteiger partial charge in [-0.1, -0.05) is 19.1 Å². The molecular formula is C22H29N3O3S2. The monoisotopic (exact) mass is 447 g/mol. The summed E-state index contributed by atoms with van der Waals surface area (Å²) in [4.78, 5) is 12.8. The molecule has 1 saturated carbocycles. The summed E-state index contributed by atoms with van der Waals surface area (Å²) < 4.78 is 23.7. The van der Waals surface area contributed by atoms with Gasteiger partial charge in [-0.3, -0.25) is 0 Å². The molecule has 1 aromatic carbocycles. The zero-order valence-corrected chi connectivity index (χ0v) is 19.2. The quantitative estimate of drug-likeness (QED) is 0.494. The third kappa shape index (κ3) is 4.26. The maximum Gasteiger partial charge on any atom is 0.331 e. The fourth-order valence-corrected chi connectivity index (χ4v) is 6.48. The number of aliphatic hydroxyl groups is 1. The van der Waals surface area contributed by atoms with Crippen molar-refractivity contribution in [2.45, 2.75) is 68.6 Å². The number of anilines is 1. The zero-order chi connectivity index (χ0) is 21.7. The van der Waals surface area contributed by atoms with Crippen LogP contribution in [0.1, 0.15) is 68.2 Å². The number of amides is 2. The van der Waals surface area contributed by atoms with E-state index in [0.29, 0.717) is 17.4 Å². The number of urea groups is 1. The summed E-state index contributed by atoms with van der Waals surface area (Å²) in [7, 11) is -3.52. The highest BCUT2D eigenvalue weighted by Crippen LogP contribution is 2.46. The summed E-state index contributed by atoms with van der Waals surface area (Å²) in [6.45, 7) is 5.46. The third-order valence-corrected chi connectivity index (χ3v) is 9.05. The molecule has 0 saturated heterocycles. The van der Waals surface area contributed by atoms with Crippen LogP contribution in [0.3, 0.4) is 0 Å². The molecule has 162 valence electrons. The summed E-state index contributed by atoms with van der Waals surface area (Å²) in [5, 5.41) is 14.7. The molecule has 6 nitrogen and oxygen atoms in total. The minimum absolute atomic E-state index is 0.222. The van der Waals surface area contributed by atoms with Crippen LogP contribution in [0.5, 0.6) is 0 Å². The van der Waals surface area contributed by atoms with E-state index in [0.717, 1.165) is 41.9 Å². The average molecular weight is 448 g/mol. The average Bonchev–Trinajstić information content (AvgIpc) is 3.16. The Kier molecular flexibility index (Phi) is 5.45. The number of carbonyl (C=O) groups excluding carboxylic acids is 1. The second-order valence-electron chi connectivity index (χ2n) is 8.97. The Labute approximate surface area is 182 Å². The Balaban J connectivity index is 1.57. The standard InChI is InChI=1S/C22H29N3O3S2/c1-13(14-7-8-14)17-10-9-15-5-4-6-18(15)20(17)24-21(26)25-30(23,28)19-11-16(12-29-19)22(2,3)27/h9-14,27H,4-8H2,1-3H3,(H3,23,24,25,26,28)/t13-,30?/m1/s1. The molecule has 4 N–H and O–H groups in total. The number of hydrogen-bond donors (Lipinski definition) is 4. The van der Waals surface area contributed by atoms with Crippen molar-refractivity contribution in [3.05, 3.63) is 45.8 Å². The first-order valence-electron chi connectivity index (χ1n) is 10.4. The van der Waals surface area contributed by atoms with E-state index in [1.54, 1.807) is 19.2 Å². The van der Waals surface area contributed by atoms with Gasteiger partial charge < -0.3 is 10.4 Å². The van der Waals surface area contributed by atoms with Gasteiger partial charge in [0.25, 0.3) is 0 Å². The highest BCUT2D eigenvalue weighted by molar-refractivity contribution is 7.93. The third-order valence-electron chi connectivity index (χ3n) is 6.17. The first-order chi connectivity index (χ1) is 14.1. The van der Waals surface area contributed by atoms with E-state index in [9.17, 15) is 14.1 Å². The van der Waals surface area contributed by atoms with Gasteiger partial charge in [-0.05, 0) is 91.5 Å². The Bertz CT molecular complexity index is 1080. The van der Waals surface area contributed by atoms with Crippen LogP contribution in [-0.4, -0.2) is 15.3 Å². The lowest BCUT2D eigenvalue weighted by atomic mass is 9.91. The maximum absolute atomic E-state index is 12.9. The van der Waals surface area contributed by atoms with E-state index in [4.69, 9.17) is 4.78 Å². The van der Waals surface area contributed by atoms with E-state index in [-0.39, 0.29) is 4.21 Å². The van der Waals surface area contributed by atoms with Crippen molar-refractivity contribution >= 4 is 33.0 Å². The molecule has 1 heterocycles. The summed E-state index contributed by atoms with van der Waals surface area (Å²) >= 11 is 1.11. The van der Waals surface area contributed by atoms with Crippen LogP contribution in [-0.2, 0) is 28.4 Å². The molecule has 2 atom stereocenters. The number of aryl methyl sites for hydroxylation is 1. The first-order valence-corrected chi connectivity index (χ1v) is 12.8. The van der Waals surface area contributed by atoms with Crippen molar-refractivity contribution in [3.63, 3.8) is 0 Å². The van der Waals surface area contributed by atoms with E-state index in [1.165, 1.54) is 30.0 Å². The highest BCUT2D eigenvalue weighted by Gasteiger charge is 2.32. The molecule has 8 heteroatoms. The lowest BCUT2D eigenvalue weighted by Gasteiger charge is -2.21. The molecule has 2 aromatic rings. The number of nitrogens with one attached hydrogen (secondary N) is 3. The van der Waals surface area contributed by atoms with Gasteiger partial charge in [-0.2, -0.15) is 0 Å². The van der Waals surface area contributed by atoms with Crippen LogP contribution < -0.4 is 10.0 Å². The smallest absolute Gasteiger partial charge is 0.331 e. The van der Waals surface area contributed by atoms with Crippen molar-refractivity contribution in [2.75, 3.05) is 5.32 Å². The number of fused-ring (bicyclic) bond motifs is 1. The minimum atomic E-state index is -3.52. The Hall–Kier alpha value is -1.90. The van der Waals surface area contributed by atoms with Gasteiger partial charge in [0.2, 0.25) is 0 Å². The topological polar surface area (TPSA) is 102 Å². The number of carbonyl (C=O) groups is 1. The molecule has 2 aliphatic carbocycles. The van der Waals surface area contributed by atoms with Gasteiger partial charge in [0.05, 0.1) is 5.60 Å². The number of thiophene rings is 1. The van der Waals surface area contributed by atoms with Gasteiger partial charge in [-0.15, -0.1) is 11.3 Å². The fourth-order valence-electron chi connectivity index (χ4n) is 4.17. The zero-order valence-electron chi connectivity index (χ0n) is 17.6. The molecule has 1 unspecified atom stereocenters. The Morgan fingerprint density at radius 3 is 2.70 bits per heavy atom. The van der Waals surface area contributed by atoms with Crippen molar-refractivity contribution in [2.24, 2.45) is 5.92 Å². The fraction of sp³-hybridized carbons (Fsp3) is 0.500. The Morgan fingerprint density at radius 2 is 2.07 bits per heavy atom. The number of benzene rings is 1. The van der Waals surface area contributed by atoms with E-state index in [2.05, 4.69) is 29.1 Å². The second kappa shape index (κ2) is 7.66. The van der Waals surface area contributed by atoms with Crippen LogP contribution in [0, 0.1) is 10.7 Å². The van der Waals surface area contributed by atoms with Crippen LogP contribution in [0.25, 0.3) is 0 Å². The van der Waals surface area contributed by atoms with Gasteiger partial charge in [0.15, 0.2) is 9.92 Å². The molecule has 0 spiro atoms. The highest BCUT2D eigenvalue weighted by atomic mass is 32.2. The predicted octanol–water partition coefficient (Wildman–Crippen LogP) is 5.12. The lowest BCUT2D eigenvalue weighted by molar-refractivity contribution is 0.0789. The van der Waals surface area contributed by atoms with Crippen LogP contribution >= 0.6 is 11.3 Å². The van der Waals surface area contributed by atoms with Gasteiger partial charge >= 0.3 is 6.03 Å². The molecule has 1 fully saturated rings. The van der Waals surface area contributed by atoms with Gasteiger partial charge in [0, 0.05) is 5.69 Å². The van der Waals surface area contributed by atoms with Crippen molar-refractivity contribution < 1.29 is 14.1 Å². The van der Waals surface area contributed by atoms with Crippen LogP contribution in [0.15, 0.2) is 27.8 Å². The van der Waals surface area contributed by atoms with Crippen LogP contribution in [0.4, 0.5) is 10.5 Å². The summed E-state index contributed by atoms with van der Waals surface area (Å²) in [6.07, 6.45) is 5.43. The molecule has 0 aliphatic heterocycles. The van der Waals surface area contributed by atoms with Crippen molar-refractivity contribution in [1.29, 1.82) is 4.78 Å². The molecule has 2 aliphatic rings. The first kappa shape index (κ1) is 21.3. The van der Waals surface area contributed by atoms with Gasteiger partial charge in [0.1, 0.15) is 4.21 Å². The summed E-state index contributed by atoms with van der Waals surface area (Å²) in [6, 6.07) is 5.20. The number of hydrogen-bond acceptors (Lipinski definition) is 5. The molecule has 30 heavy (non-hydrogen) atoms. The van der Waals surface area contributed by atoms with Gasteiger partial charge in [-0.25, -0.2) is 18.5 Å². The van der Waals surface area contributed by atoms with E-state index < -0.39 is 21.5 Å². The molecule has 0 radical (unpaired) electrons. The molecule has 2 amide bonds. The Morgan fingerprint density at radius 1 is 1.33 bits per heavy atom. The lowest BCUT2D eigenvalue weighted by Crippen LogP contribution is -2.34. The van der Waals surface area contributed by atoms with Crippen molar-refractivity contribution in [1.82, 2.24) is 4.72 Å². The van der Waals surface area contributed by atoms with E-state index in [1.807, 2.05) is 0 Å². The maximum atomic E-state index is 12.9. The molecule has 1 aromatic heterocycles. The van der Waals surface area contributed by atoms with Crippen molar-refractivity contribution in [3.8, 4) is 0 Å². The summed E-state index contributed by atoms with van der Waals surface area (Å²) in [5.74, 6) is 1.01. The number of rotatable bonds is 6.